The summed E-state index contributed by atoms with van der Waals surface area (Å²) in [6.07, 6.45) is 5.80. The van der Waals surface area contributed by atoms with Crippen LogP contribution in [0, 0.1) is 5.92 Å². The van der Waals surface area contributed by atoms with Crippen LogP contribution >= 0.6 is 0 Å². The Bertz CT molecular complexity index is 555. The van der Waals surface area contributed by atoms with E-state index < -0.39 is 0 Å². The largest absolute Gasteiger partial charge is 0.425 e. The van der Waals surface area contributed by atoms with Gasteiger partial charge < -0.3 is 9.64 Å². The van der Waals surface area contributed by atoms with Crippen molar-refractivity contribution in [1.29, 1.82) is 0 Å². The van der Waals surface area contributed by atoms with Crippen molar-refractivity contribution in [3.05, 3.63) is 42.0 Å². The molecule has 1 aliphatic carbocycles. The number of esters is 1. The number of allylic oxidation sites excluding steroid dienone is 2. The number of carbonyl (C=O) groups excluding carboxylic acids is 1. The molecular formula is C14H13NO2. The Morgan fingerprint density at radius 3 is 2.88 bits per heavy atom. The number of rotatable bonds is 1. The highest BCUT2D eigenvalue weighted by Crippen LogP contribution is 2.44. The molecule has 0 saturated heterocycles. The fourth-order valence-corrected chi connectivity index (χ4v) is 2.36. The first-order valence-corrected chi connectivity index (χ1v) is 5.59. The Kier molecular flexibility index (Phi) is 2.08. The van der Waals surface area contributed by atoms with Gasteiger partial charge in [0.1, 0.15) is 11.7 Å². The minimum Gasteiger partial charge on any atom is -0.425 e. The van der Waals surface area contributed by atoms with E-state index in [1.807, 2.05) is 55.4 Å². The number of anilines is 1. The van der Waals surface area contributed by atoms with Crippen LogP contribution in [0.2, 0.25) is 0 Å². The second kappa shape index (κ2) is 3.48. The summed E-state index contributed by atoms with van der Waals surface area (Å²) in [5.41, 5.74) is 3.16. The van der Waals surface area contributed by atoms with Gasteiger partial charge in [-0.1, -0.05) is 24.3 Å². The highest BCUT2D eigenvalue weighted by molar-refractivity contribution is 6.01. The van der Waals surface area contributed by atoms with Gasteiger partial charge in [-0.05, 0) is 17.7 Å². The lowest BCUT2D eigenvalue weighted by Crippen LogP contribution is -2.25. The highest BCUT2D eigenvalue weighted by atomic mass is 16.5. The van der Waals surface area contributed by atoms with Crippen molar-refractivity contribution in [3.8, 4) is 5.75 Å². The molecule has 0 radical (unpaired) electrons. The van der Waals surface area contributed by atoms with Gasteiger partial charge in [-0.25, -0.2) is 0 Å². The molecule has 0 N–H and O–H groups in total. The third-order valence-corrected chi connectivity index (χ3v) is 3.15. The van der Waals surface area contributed by atoms with E-state index in [9.17, 15) is 4.79 Å². The van der Waals surface area contributed by atoms with Gasteiger partial charge in [0.15, 0.2) is 0 Å². The minimum atomic E-state index is -0.233. The SMILES string of the molecule is CN(C)c1cccc2c1C1=CC=CC1C(=O)O2. The summed E-state index contributed by atoms with van der Waals surface area (Å²) >= 11 is 0. The molecule has 2 aliphatic rings. The molecule has 3 heteroatoms. The van der Waals surface area contributed by atoms with Gasteiger partial charge in [-0.15, -0.1) is 0 Å². The molecule has 3 nitrogen and oxygen atoms in total. The van der Waals surface area contributed by atoms with Crippen LogP contribution in [0.15, 0.2) is 36.4 Å². The van der Waals surface area contributed by atoms with Crippen LogP contribution in [0.3, 0.4) is 0 Å². The van der Waals surface area contributed by atoms with E-state index in [0.29, 0.717) is 5.75 Å². The van der Waals surface area contributed by atoms with E-state index in [4.69, 9.17) is 4.74 Å². The third-order valence-electron chi connectivity index (χ3n) is 3.15. The lowest BCUT2D eigenvalue weighted by atomic mass is 9.91. The van der Waals surface area contributed by atoms with Crippen LogP contribution < -0.4 is 9.64 Å². The number of benzene rings is 1. The number of carbonyl (C=O) groups is 1. The molecule has 86 valence electrons. The average molecular weight is 227 g/mol. The molecule has 1 atom stereocenters. The van der Waals surface area contributed by atoms with Crippen molar-refractivity contribution in [2.24, 2.45) is 5.92 Å². The van der Waals surface area contributed by atoms with Crippen molar-refractivity contribution in [3.63, 3.8) is 0 Å². The summed E-state index contributed by atoms with van der Waals surface area (Å²) in [6.45, 7) is 0. The number of ether oxygens (including phenoxy) is 1. The summed E-state index contributed by atoms with van der Waals surface area (Å²) in [7, 11) is 3.98. The van der Waals surface area contributed by atoms with E-state index in [1.165, 1.54) is 0 Å². The van der Waals surface area contributed by atoms with E-state index >= 15 is 0 Å². The van der Waals surface area contributed by atoms with Crippen LogP contribution in [-0.4, -0.2) is 20.1 Å². The average Bonchev–Trinajstić information content (AvgIpc) is 2.77. The zero-order valence-electron chi connectivity index (χ0n) is 9.81. The molecule has 0 fully saturated rings. The Morgan fingerprint density at radius 1 is 1.29 bits per heavy atom. The lowest BCUT2D eigenvalue weighted by molar-refractivity contribution is -0.136. The molecule has 0 amide bonds. The van der Waals surface area contributed by atoms with Crippen molar-refractivity contribution in [2.45, 2.75) is 0 Å². The number of hydrogen-bond donors (Lipinski definition) is 0. The van der Waals surface area contributed by atoms with E-state index in [0.717, 1.165) is 16.8 Å². The molecule has 0 bridgehead atoms. The maximum Gasteiger partial charge on any atom is 0.322 e. The van der Waals surface area contributed by atoms with Crippen LogP contribution in [0.4, 0.5) is 5.69 Å². The molecule has 1 unspecified atom stereocenters. The Morgan fingerprint density at radius 2 is 2.12 bits per heavy atom. The molecule has 1 aromatic carbocycles. The van der Waals surface area contributed by atoms with Crippen LogP contribution in [-0.2, 0) is 4.79 Å². The van der Waals surface area contributed by atoms with Gasteiger partial charge >= 0.3 is 5.97 Å². The Labute approximate surface area is 100.0 Å². The smallest absolute Gasteiger partial charge is 0.322 e. The second-order valence-corrected chi connectivity index (χ2v) is 4.45. The number of nitrogens with zero attached hydrogens (tertiary/aromatic N) is 1. The van der Waals surface area contributed by atoms with Gasteiger partial charge in [0, 0.05) is 25.3 Å². The summed E-state index contributed by atoms with van der Waals surface area (Å²) in [4.78, 5) is 13.8. The second-order valence-electron chi connectivity index (χ2n) is 4.45. The topological polar surface area (TPSA) is 29.5 Å². The summed E-state index contributed by atoms with van der Waals surface area (Å²) < 4.78 is 5.38. The number of hydrogen-bond acceptors (Lipinski definition) is 3. The monoisotopic (exact) mass is 227 g/mol. The predicted octanol–water partition coefficient (Wildman–Crippen LogP) is 2.24. The molecule has 0 spiro atoms. The predicted molar refractivity (Wildman–Crippen MR) is 67.0 cm³/mol. The summed E-state index contributed by atoms with van der Waals surface area (Å²) in [5, 5.41) is 0. The molecular weight excluding hydrogens is 214 g/mol. The first-order chi connectivity index (χ1) is 8.18. The van der Waals surface area contributed by atoms with Crippen LogP contribution in [0.1, 0.15) is 5.56 Å². The van der Waals surface area contributed by atoms with Gasteiger partial charge in [0.25, 0.3) is 0 Å². The minimum absolute atomic E-state index is 0.187. The van der Waals surface area contributed by atoms with Crippen molar-refractivity contribution in [1.82, 2.24) is 0 Å². The fourth-order valence-electron chi connectivity index (χ4n) is 2.36. The molecule has 1 aliphatic heterocycles. The summed E-state index contributed by atoms with van der Waals surface area (Å²) in [6, 6.07) is 5.79. The molecule has 1 aromatic rings. The first kappa shape index (κ1) is 10.1. The van der Waals surface area contributed by atoms with Gasteiger partial charge in [0.2, 0.25) is 0 Å². The maximum absolute atomic E-state index is 11.8. The van der Waals surface area contributed by atoms with Crippen LogP contribution in [0.25, 0.3) is 5.57 Å². The van der Waals surface area contributed by atoms with Gasteiger partial charge in [0.05, 0.1) is 0 Å². The summed E-state index contributed by atoms with van der Waals surface area (Å²) in [5.74, 6) is 0.240. The molecule has 17 heavy (non-hydrogen) atoms. The van der Waals surface area contributed by atoms with Gasteiger partial charge in [-0.2, -0.15) is 0 Å². The Hall–Kier alpha value is -2.03. The standard InChI is InChI=1S/C14H13NO2/c1-15(2)11-7-4-8-12-13(11)9-5-3-6-10(9)14(16)17-12/h3-8,10H,1-2H3. The fraction of sp³-hybridized carbons (Fsp3) is 0.214. The van der Waals surface area contributed by atoms with E-state index in [2.05, 4.69) is 0 Å². The third kappa shape index (κ3) is 1.39. The first-order valence-electron chi connectivity index (χ1n) is 5.59. The van der Waals surface area contributed by atoms with E-state index in [-0.39, 0.29) is 11.9 Å². The zero-order chi connectivity index (χ0) is 12.0. The van der Waals surface area contributed by atoms with E-state index in [1.54, 1.807) is 0 Å². The maximum atomic E-state index is 11.8. The molecule has 0 aromatic heterocycles. The normalized spacial score (nSPS) is 20.5. The van der Waals surface area contributed by atoms with Crippen molar-refractivity contribution in [2.75, 3.05) is 19.0 Å². The zero-order valence-corrected chi connectivity index (χ0v) is 9.81. The van der Waals surface area contributed by atoms with Crippen molar-refractivity contribution >= 4 is 17.2 Å². The lowest BCUT2D eigenvalue weighted by Gasteiger charge is -2.27. The van der Waals surface area contributed by atoms with Crippen molar-refractivity contribution < 1.29 is 9.53 Å². The van der Waals surface area contributed by atoms with Crippen LogP contribution in [0.5, 0.6) is 5.75 Å². The Balaban J connectivity index is 2.24. The molecule has 1 heterocycles. The van der Waals surface area contributed by atoms with Gasteiger partial charge in [-0.3, -0.25) is 4.79 Å². The number of fused-ring (bicyclic) bond motifs is 3. The molecule has 3 rings (SSSR count). The highest BCUT2D eigenvalue weighted by Gasteiger charge is 2.34. The molecule has 0 saturated carbocycles. The quantitative estimate of drug-likeness (QED) is 0.544.